The quantitative estimate of drug-likeness (QED) is 0.941. The van der Waals surface area contributed by atoms with Crippen LogP contribution in [0, 0.1) is 12.8 Å². The minimum atomic E-state index is -0.713. The van der Waals surface area contributed by atoms with Gasteiger partial charge < -0.3 is 10.0 Å². The number of benzene rings is 1. The third kappa shape index (κ3) is 2.78. The Hall–Kier alpha value is -2.08. The molecule has 1 fully saturated rings. The van der Waals surface area contributed by atoms with Gasteiger partial charge in [-0.15, -0.1) is 10.2 Å². The second-order valence-electron chi connectivity index (χ2n) is 5.46. The SMILES string of the molecule is Cc1nnc(N2CCC(C(=O)O)CC2)n1-c1ccc(Cl)cc1. The van der Waals surface area contributed by atoms with E-state index in [-0.39, 0.29) is 5.92 Å². The van der Waals surface area contributed by atoms with Crippen LogP contribution >= 0.6 is 11.6 Å². The number of aryl methyl sites for hydroxylation is 1. The molecule has 22 heavy (non-hydrogen) atoms. The van der Waals surface area contributed by atoms with Gasteiger partial charge in [0, 0.05) is 18.1 Å². The number of hydrogen-bond acceptors (Lipinski definition) is 4. The van der Waals surface area contributed by atoms with E-state index in [0.29, 0.717) is 31.0 Å². The molecule has 116 valence electrons. The van der Waals surface area contributed by atoms with Crippen LogP contribution in [0.25, 0.3) is 5.69 Å². The van der Waals surface area contributed by atoms with Crippen LogP contribution in [0.15, 0.2) is 24.3 Å². The molecule has 3 rings (SSSR count). The second kappa shape index (κ2) is 5.96. The monoisotopic (exact) mass is 320 g/mol. The van der Waals surface area contributed by atoms with Crippen LogP contribution < -0.4 is 4.90 Å². The molecule has 1 aliphatic rings. The van der Waals surface area contributed by atoms with Gasteiger partial charge in [-0.2, -0.15) is 0 Å². The Morgan fingerprint density at radius 3 is 2.45 bits per heavy atom. The van der Waals surface area contributed by atoms with Crippen molar-refractivity contribution in [1.29, 1.82) is 0 Å². The molecule has 0 radical (unpaired) electrons. The molecule has 0 spiro atoms. The van der Waals surface area contributed by atoms with Gasteiger partial charge in [0.25, 0.3) is 0 Å². The summed E-state index contributed by atoms with van der Waals surface area (Å²) in [7, 11) is 0. The van der Waals surface area contributed by atoms with Crippen molar-refractivity contribution in [3.05, 3.63) is 35.1 Å². The Morgan fingerprint density at radius 2 is 1.86 bits per heavy atom. The smallest absolute Gasteiger partial charge is 0.306 e. The van der Waals surface area contributed by atoms with Crippen molar-refractivity contribution in [3.63, 3.8) is 0 Å². The largest absolute Gasteiger partial charge is 0.481 e. The Morgan fingerprint density at radius 1 is 1.23 bits per heavy atom. The second-order valence-corrected chi connectivity index (χ2v) is 5.90. The number of halogens is 1. The normalized spacial score (nSPS) is 16.0. The highest BCUT2D eigenvalue weighted by Gasteiger charge is 2.27. The predicted octanol–water partition coefficient (Wildman–Crippen LogP) is 2.53. The average Bonchev–Trinajstić information content (AvgIpc) is 2.90. The topological polar surface area (TPSA) is 71.2 Å². The van der Waals surface area contributed by atoms with Crippen molar-refractivity contribution in [3.8, 4) is 5.69 Å². The van der Waals surface area contributed by atoms with Crippen LogP contribution in [-0.4, -0.2) is 38.9 Å². The van der Waals surface area contributed by atoms with E-state index in [2.05, 4.69) is 15.1 Å². The zero-order valence-electron chi connectivity index (χ0n) is 12.2. The highest BCUT2D eigenvalue weighted by atomic mass is 35.5. The van der Waals surface area contributed by atoms with E-state index < -0.39 is 5.97 Å². The van der Waals surface area contributed by atoms with E-state index in [1.165, 1.54) is 0 Å². The summed E-state index contributed by atoms with van der Waals surface area (Å²) in [5.74, 6) is 0.570. The van der Waals surface area contributed by atoms with E-state index in [4.69, 9.17) is 16.7 Å². The molecule has 0 aliphatic carbocycles. The first-order chi connectivity index (χ1) is 10.6. The summed E-state index contributed by atoms with van der Waals surface area (Å²) in [6.07, 6.45) is 1.25. The molecule has 1 aromatic carbocycles. The highest BCUT2D eigenvalue weighted by Crippen LogP contribution is 2.26. The summed E-state index contributed by atoms with van der Waals surface area (Å²) in [6, 6.07) is 7.51. The van der Waals surface area contributed by atoms with Crippen LogP contribution in [0.5, 0.6) is 0 Å². The average molecular weight is 321 g/mol. The molecule has 0 unspecified atom stereocenters. The van der Waals surface area contributed by atoms with Gasteiger partial charge in [0.15, 0.2) is 0 Å². The van der Waals surface area contributed by atoms with E-state index in [1.807, 2.05) is 35.8 Å². The Labute approximate surface area is 133 Å². The number of carboxylic acids is 1. The fourth-order valence-corrected chi connectivity index (χ4v) is 2.90. The van der Waals surface area contributed by atoms with Crippen molar-refractivity contribution >= 4 is 23.5 Å². The summed E-state index contributed by atoms with van der Waals surface area (Å²) in [5.41, 5.74) is 0.947. The molecule has 0 saturated carbocycles. The molecule has 0 amide bonds. The molecule has 0 bridgehead atoms. The number of carboxylic acid groups (broad SMARTS) is 1. The van der Waals surface area contributed by atoms with Crippen LogP contribution in [0.3, 0.4) is 0 Å². The minimum Gasteiger partial charge on any atom is -0.481 e. The molecule has 1 aromatic heterocycles. The Kier molecular flexibility index (Phi) is 4.02. The van der Waals surface area contributed by atoms with E-state index >= 15 is 0 Å². The van der Waals surface area contributed by atoms with E-state index in [1.54, 1.807) is 0 Å². The van der Waals surface area contributed by atoms with Crippen LogP contribution in [0.2, 0.25) is 5.02 Å². The number of piperidine rings is 1. The summed E-state index contributed by atoms with van der Waals surface area (Å²) >= 11 is 5.94. The van der Waals surface area contributed by atoms with Crippen LogP contribution in [-0.2, 0) is 4.79 Å². The molecule has 1 N–H and O–H groups in total. The maximum atomic E-state index is 11.1. The maximum absolute atomic E-state index is 11.1. The molecule has 0 atom stereocenters. The number of aromatic nitrogens is 3. The zero-order chi connectivity index (χ0) is 15.7. The third-order valence-corrected chi connectivity index (χ3v) is 4.27. The first-order valence-corrected chi connectivity index (χ1v) is 7.60. The molecular formula is C15H17ClN4O2. The Balaban J connectivity index is 1.87. The molecule has 1 saturated heterocycles. The minimum absolute atomic E-state index is 0.260. The number of nitrogens with zero attached hydrogens (tertiary/aromatic N) is 4. The third-order valence-electron chi connectivity index (χ3n) is 4.02. The summed E-state index contributed by atoms with van der Waals surface area (Å²) < 4.78 is 1.97. The van der Waals surface area contributed by atoms with Gasteiger partial charge in [-0.25, -0.2) is 0 Å². The molecular weight excluding hydrogens is 304 g/mol. The molecule has 2 heterocycles. The van der Waals surface area contributed by atoms with Gasteiger partial charge in [-0.3, -0.25) is 9.36 Å². The van der Waals surface area contributed by atoms with Crippen molar-refractivity contribution in [2.45, 2.75) is 19.8 Å². The summed E-state index contributed by atoms with van der Waals surface area (Å²) in [6.45, 7) is 3.24. The van der Waals surface area contributed by atoms with E-state index in [0.717, 1.165) is 17.5 Å². The fourth-order valence-electron chi connectivity index (χ4n) is 2.77. The van der Waals surface area contributed by atoms with Gasteiger partial charge in [0.05, 0.1) is 11.6 Å². The van der Waals surface area contributed by atoms with Crippen molar-refractivity contribution in [1.82, 2.24) is 14.8 Å². The predicted molar refractivity (Wildman–Crippen MR) is 83.7 cm³/mol. The Bertz CT molecular complexity index is 675. The number of carbonyl (C=O) groups is 1. The summed E-state index contributed by atoms with van der Waals surface area (Å²) in [5, 5.41) is 18.2. The first kappa shape index (κ1) is 14.8. The van der Waals surface area contributed by atoms with Gasteiger partial charge in [0.1, 0.15) is 5.82 Å². The van der Waals surface area contributed by atoms with Crippen LogP contribution in [0.1, 0.15) is 18.7 Å². The van der Waals surface area contributed by atoms with Crippen molar-refractivity contribution in [2.24, 2.45) is 5.92 Å². The van der Waals surface area contributed by atoms with Crippen molar-refractivity contribution in [2.75, 3.05) is 18.0 Å². The highest BCUT2D eigenvalue weighted by molar-refractivity contribution is 6.30. The van der Waals surface area contributed by atoms with Gasteiger partial charge >= 0.3 is 5.97 Å². The molecule has 1 aliphatic heterocycles. The zero-order valence-corrected chi connectivity index (χ0v) is 13.0. The molecule has 2 aromatic rings. The lowest BCUT2D eigenvalue weighted by Crippen LogP contribution is -2.37. The first-order valence-electron chi connectivity index (χ1n) is 7.22. The van der Waals surface area contributed by atoms with Gasteiger partial charge in [-0.05, 0) is 44.0 Å². The number of hydrogen-bond donors (Lipinski definition) is 1. The van der Waals surface area contributed by atoms with Crippen LogP contribution in [0.4, 0.5) is 5.95 Å². The lowest BCUT2D eigenvalue weighted by molar-refractivity contribution is -0.142. The number of anilines is 1. The lowest BCUT2D eigenvalue weighted by atomic mass is 9.97. The maximum Gasteiger partial charge on any atom is 0.306 e. The van der Waals surface area contributed by atoms with Crippen molar-refractivity contribution < 1.29 is 9.90 Å². The summed E-state index contributed by atoms with van der Waals surface area (Å²) in [4.78, 5) is 13.1. The van der Waals surface area contributed by atoms with E-state index in [9.17, 15) is 4.79 Å². The van der Waals surface area contributed by atoms with Gasteiger partial charge in [-0.1, -0.05) is 11.6 Å². The number of aliphatic carboxylic acids is 1. The fraction of sp³-hybridized carbons (Fsp3) is 0.400. The lowest BCUT2D eigenvalue weighted by Gasteiger charge is -2.30. The number of rotatable bonds is 3. The molecule has 7 heteroatoms. The standard InChI is InChI=1S/C15H17ClN4O2/c1-10-17-18-15(19-8-6-11(7-9-19)14(21)22)20(10)13-4-2-12(16)3-5-13/h2-5,11H,6-9H2,1H3,(H,21,22). The molecule has 6 nitrogen and oxygen atoms in total. The van der Waals surface area contributed by atoms with Gasteiger partial charge in [0.2, 0.25) is 5.95 Å².